The van der Waals surface area contributed by atoms with Crippen molar-refractivity contribution >= 4 is 27.4 Å². The van der Waals surface area contributed by atoms with Crippen molar-refractivity contribution < 1.29 is 17.9 Å². The molecule has 0 aliphatic carbocycles. The summed E-state index contributed by atoms with van der Waals surface area (Å²) in [7, 11) is -3.77. The van der Waals surface area contributed by atoms with Crippen LogP contribution in [0.3, 0.4) is 0 Å². The molecule has 0 spiro atoms. The van der Waals surface area contributed by atoms with Gasteiger partial charge in [0.1, 0.15) is 6.07 Å². The van der Waals surface area contributed by atoms with Crippen LogP contribution >= 0.6 is 0 Å². The molecule has 20 heavy (non-hydrogen) atoms. The standard InChI is InChI=1S/C11H12N4O4S/c1-2-19-11(16)10(7-12)15-14-8-3-5-9(6-4-8)20(13,17)18/h3-6,14H,2H2,1H3,(H2,13,17,18)/b15-10+. The van der Waals surface area contributed by atoms with Crippen LogP contribution in [0.2, 0.25) is 0 Å². The molecule has 0 unspecified atom stereocenters. The molecule has 0 saturated carbocycles. The van der Waals surface area contributed by atoms with Crippen LogP contribution in [0.5, 0.6) is 0 Å². The quantitative estimate of drug-likeness (QED) is 0.452. The van der Waals surface area contributed by atoms with Crippen molar-refractivity contribution in [3.05, 3.63) is 24.3 Å². The van der Waals surface area contributed by atoms with E-state index >= 15 is 0 Å². The first-order valence-corrected chi connectivity index (χ1v) is 6.97. The van der Waals surface area contributed by atoms with Crippen LogP contribution in [0, 0.1) is 11.3 Å². The molecule has 0 saturated heterocycles. The molecule has 9 heteroatoms. The minimum absolute atomic E-state index is 0.0575. The third-order valence-electron chi connectivity index (χ3n) is 2.05. The lowest BCUT2D eigenvalue weighted by molar-refractivity contribution is -0.134. The van der Waals surface area contributed by atoms with Gasteiger partial charge in [-0.1, -0.05) is 0 Å². The Kier molecular flexibility index (Phi) is 5.19. The minimum atomic E-state index is -3.77. The average molecular weight is 296 g/mol. The van der Waals surface area contributed by atoms with Crippen molar-refractivity contribution in [3.63, 3.8) is 0 Å². The summed E-state index contributed by atoms with van der Waals surface area (Å²) < 4.78 is 26.7. The number of benzene rings is 1. The molecular formula is C11H12N4O4S. The molecule has 0 aromatic heterocycles. The van der Waals surface area contributed by atoms with Crippen LogP contribution in [0.25, 0.3) is 0 Å². The number of nitrogens with two attached hydrogens (primary N) is 1. The number of hydrazone groups is 1. The van der Waals surface area contributed by atoms with Gasteiger partial charge in [0.25, 0.3) is 0 Å². The number of nitrogens with one attached hydrogen (secondary N) is 1. The van der Waals surface area contributed by atoms with Crippen LogP contribution in [0.15, 0.2) is 34.3 Å². The van der Waals surface area contributed by atoms with Gasteiger partial charge in [-0.2, -0.15) is 10.4 Å². The molecule has 0 fully saturated rings. The summed E-state index contributed by atoms with van der Waals surface area (Å²) in [5.74, 6) is -0.844. The number of carbonyl (C=O) groups is 1. The molecular weight excluding hydrogens is 284 g/mol. The van der Waals surface area contributed by atoms with E-state index in [1.807, 2.05) is 0 Å². The summed E-state index contributed by atoms with van der Waals surface area (Å²) in [6, 6.07) is 6.91. The summed E-state index contributed by atoms with van der Waals surface area (Å²) >= 11 is 0. The highest BCUT2D eigenvalue weighted by atomic mass is 32.2. The number of nitriles is 1. The number of carbonyl (C=O) groups excluding carboxylic acids is 1. The van der Waals surface area contributed by atoms with Gasteiger partial charge in [-0.05, 0) is 31.2 Å². The van der Waals surface area contributed by atoms with E-state index in [-0.39, 0.29) is 11.5 Å². The third kappa shape index (κ3) is 4.34. The number of esters is 1. The Morgan fingerprint density at radius 2 is 2.05 bits per heavy atom. The maximum absolute atomic E-state index is 11.3. The Hall–Kier alpha value is -2.44. The smallest absolute Gasteiger partial charge is 0.369 e. The first-order chi connectivity index (χ1) is 9.38. The zero-order chi connectivity index (χ0) is 15.2. The summed E-state index contributed by atoms with van der Waals surface area (Å²) in [6.07, 6.45) is 0. The second-order valence-corrected chi connectivity index (χ2v) is 5.04. The molecule has 0 bridgehead atoms. The van der Waals surface area contributed by atoms with Crippen molar-refractivity contribution in [1.29, 1.82) is 5.26 Å². The molecule has 0 radical (unpaired) electrons. The lowest BCUT2D eigenvalue weighted by atomic mass is 10.3. The molecule has 1 aromatic carbocycles. The van der Waals surface area contributed by atoms with E-state index in [1.165, 1.54) is 24.3 Å². The normalized spacial score (nSPS) is 11.6. The average Bonchev–Trinajstić information content (AvgIpc) is 2.39. The van der Waals surface area contributed by atoms with E-state index in [0.717, 1.165) is 0 Å². The van der Waals surface area contributed by atoms with E-state index in [1.54, 1.807) is 13.0 Å². The number of anilines is 1. The van der Waals surface area contributed by atoms with Crippen LogP contribution < -0.4 is 10.6 Å². The molecule has 0 amide bonds. The van der Waals surface area contributed by atoms with Gasteiger partial charge in [0.05, 0.1) is 17.2 Å². The maximum Gasteiger partial charge on any atom is 0.369 e. The van der Waals surface area contributed by atoms with Crippen LogP contribution in [-0.2, 0) is 19.6 Å². The first kappa shape index (κ1) is 15.6. The number of hydrogen-bond acceptors (Lipinski definition) is 7. The van der Waals surface area contributed by atoms with Gasteiger partial charge in [-0.15, -0.1) is 0 Å². The van der Waals surface area contributed by atoms with E-state index in [0.29, 0.717) is 5.69 Å². The van der Waals surface area contributed by atoms with Crippen molar-refractivity contribution in [2.24, 2.45) is 10.2 Å². The van der Waals surface area contributed by atoms with Gasteiger partial charge in [0.2, 0.25) is 15.7 Å². The maximum atomic E-state index is 11.3. The molecule has 0 aliphatic heterocycles. The highest BCUT2D eigenvalue weighted by Crippen LogP contribution is 2.12. The highest BCUT2D eigenvalue weighted by Gasteiger charge is 2.12. The molecule has 3 N–H and O–H groups in total. The van der Waals surface area contributed by atoms with E-state index in [9.17, 15) is 13.2 Å². The number of primary sulfonamides is 1. The van der Waals surface area contributed by atoms with Crippen molar-refractivity contribution in [2.45, 2.75) is 11.8 Å². The van der Waals surface area contributed by atoms with Gasteiger partial charge >= 0.3 is 5.97 Å². The lowest BCUT2D eigenvalue weighted by Gasteiger charge is -2.03. The fraction of sp³-hybridized carbons (Fsp3) is 0.182. The van der Waals surface area contributed by atoms with Gasteiger partial charge in [-0.3, -0.25) is 5.43 Å². The van der Waals surface area contributed by atoms with Crippen LogP contribution in [0.1, 0.15) is 6.92 Å². The molecule has 1 rings (SSSR count). The predicted molar refractivity (Wildman–Crippen MR) is 71.1 cm³/mol. The fourth-order valence-corrected chi connectivity index (χ4v) is 1.67. The van der Waals surface area contributed by atoms with Gasteiger partial charge in [0, 0.05) is 0 Å². The topological polar surface area (TPSA) is 135 Å². The third-order valence-corrected chi connectivity index (χ3v) is 2.98. The lowest BCUT2D eigenvalue weighted by Crippen LogP contribution is -2.17. The number of hydrogen-bond donors (Lipinski definition) is 2. The number of rotatable bonds is 5. The Morgan fingerprint density at radius 3 is 2.50 bits per heavy atom. The van der Waals surface area contributed by atoms with Crippen molar-refractivity contribution in [2.75, 3.05) is 12.0 Å². The van der Waals surface area contributed by atoms with Crippen molar-refractivity contribution in [3.8, 4) is 6.07 Å². The Morgan fingerprint density at radius 1 is 1.45 bits per heavy atom. The summed E-state index contributed by atoms with van der Waals surface area (Å²) in [6.45, 7) is 1.73. The fourth-order valence-electron chi connectivity index (χ4n) is 1.16. The molecule has 0 heterocycles. The Bertz CT molecular complexity index is 659. The summed E-state index contributed by atoms with van der Waals surface area (Å²) in [5, 5.41) is 17.3. The second kappa shape index (κ2) is 6.65. The second-order valence-electron chi connectivity index (χ2n) is 3.47. The van der Waals surface area contributed by atoms with E-state index in [2.05, 4.69) is 15.3 Å². The largest absolute Gasteiger partial charge is 0.461 e. The first-order valence-electron chi connectivity index (χ1n) is 5.42. The molecule has 8 nitrogen and oxygen atoms in total. The van der Waals surface area contributed by atoms with Gasteiger partial charge in [-0.25, -0.2) is 18.4 Å². The molecule has 1 aromatic rings. The number of ether oxygens (including phenoxy) is 1. The predicted octanol–water partition coefficient (Wildman–Crippen LogP) is 0.189. The van der Waals surface area contributed by atoms with Crippen LogP contribution in [0.4, 0.5) is 5.69 Å². The zero-order valence-corrected chi connectivity index (χ0v) is 11.3. The zero-order valence-electron chi connectivity index (χ0n) is 10.5. The molecule has 106 valence electrons. The van der Waals surface area contributed by atoms with Gasteiger partial charge < -0.3 is 4.74 Å². The Labute approximate surface area is 115 Å². The highest BCUT2D eigenvalue weighted by molar-refractivity contribution is 7.89. The SMILES string of the molecule is CCOC(=O)/C(C#N)=N/Nc1ccc(S(N)(=O)=O)cc1. The van der Waals surface area contributed by atoms with E-state index < -0.39 is 21.7 Å². The molecule has 0 atom stereocenters. The monoisotopic (exact) mass is 296 g/mol. The van der Waals surface area contributed by atoms with Gasteiger partial charge in [0.15, 0.2) is 0 Å². The number of nitrogens with zero attached hydrogens (tertiary/aromatic N) is 2. The summed E-state index contributed by atoms with van der Waals surface area (Å²) in [4.78, 5) is 11.2. The molecule has 0 aliphatic rings. The number of sulfonamides is 1. The van der Waals surface area contributed by atoms with E-state index in [4.69, 9.17) is 10.4 Å². The summed E-state index contributed by atoms with van der Waals surface area (Å²) in [5.41, 5.74) is 2.38. The minimum Gasteiger partial charge on any atom is -0.461 e. The Balaban J connectivity index is 2.84. The van der Waals surface area contributed by atoms with Crippen molar-refractivity contribution in [1.82, 2.24) is 0 Å². The van der Waals surface area contributed by atoms with Crippen LogP contribution in [-0.4, -0.2) is 26.7 Å².